The fraction of sp³-hybridized carbons (Fsp3) is 0.417. The molecule has 0 aliphatic rings. The van der Waals surface area contributed by atoms with Crippen molar-refractivity contribution in [2.75, 3.05) is 6.61 Å². The van der Waals surface area contributed by atoms with Gasteiger partial charge in [-0.15, -0.1) is 0 Å². The summed E-state index contributed by atoms with van der Waals surface area (Å²) in [6.45, 7) is 6.70. The zero-order valence-corrected chi connectivity index (χ0v) is 8.91. The third-order valence-corrected chi connectivity index (χ3v) is 2.13. The number of carbonyl (C=O) groups is 1. The highest BCUT2D eigenvalue weighted by molar-refractivity contribution is 5.79. The van der Waals surface area contributed by atoms with Crippen LogP contribution in [0, 0.1) is 0 Å². The molecule has 2 nitrogen and oxygen atoms in total. The Morgan fingerprint density at radius 2 is 2.14 bits per heavy atom. The van der Waals surface area contributed by atoms with E-state index in [1.165, 1.54) is 0 Å². The predicted octanol–water partition coefficient (Wildman–Crippen LogP) is 3.02. The van der Waals surface area contributed by atoms with E-state index < -0.39 is 0 Å². The van der Waals surface area contributed by atoms with Crippen LogP contribution in [0.2, 0.25) is 0 Å². The summed E-state index contributed by atoms with van der Waals surface area (Å²) in [5.41, 5.74) is 1.80. The summed E-state index contributed by atoms with van der Waals surface area (Å²) in [6.07, 6.45) is 0.844. The molecule has 2 heteroatoms. The maximum absolute atomic E-state index is 10.8. The lowest BCUT2D eigenvalue weighted by molar-refractivity contribution is 0.111. The summed E-state index contributed by atoms with van der Waals surface area (Å²) in [7, 11) is 0. The molecule has 0 aromatic heterocycles. The zero-order chi connectivity index (χ0) is 10.6. The van der Waals surface area contributed by atoms with Gasteiger partial charge in [0.15, 0.2) is 6.29 Å². The molecule has 0 saturated heterocycles. The largest absolute Gasteiger partial charge is 0.493 e. The van der Waals surface area contributed by atoms with Crippen LogP contribution in [0.3, 0.4) is 0 Å². The van der Waals surface area contributed by atoms with Gasteiger partial charge in [-0.05, 0) is 30.5 Å². The van der Waals surface area contributed by atoms with Crippen LogP contribution in [0.15, 0.2) is 18.2 Å². The van der Waals surface area contributed by atoms with Gasteiger partial charge >= 0.3 is 0 Å². The zero-order valence-electron chi connectivity index (χ0n) is 8.91. The number of carbonyl (C=O) groups excluding carboxylic acids is 1. The molecular formula is C12H16O2. The predicted molar refractivity (Wildman–Crippen MR) is 57.1 cm³/mol. The molecule has 0 radical (unpaired) electrons. The fourth-order valence-corrected chi connectivity index (χ4v) is 1.31. The normalized spacial score (nSPS) is 10.3. The van der Waals surface area contributed by atoms with Gasteiger partial charge in [0, 0.05) is 0 Å². The molecule has 1 aromatic carbocycles. The van der Waals surface area contributed by atoms with Crippen molar-refractivity contribution in [2.45, 2.75) is 26.7 Å². The maximum atomic E-state index is 10.8. The van der Waals surface area contributed by atoms with Gasteiger partial charge in [-0.3, -0.25) is 4.79 Å². The van der Waals surface area contributed by atoms with Crippen LogP contribution in [0.1, 0.15) is 42.6 Å². The summed E-state index contributed by atoms with van der Waals surface area (Å²) in [5, 5.41) is 0. The highest BCUT2D eigenvalue weighted by Crippen LogP contribution is 2.22. The molecule has 0 fully saturated rings. The van der Waals surface area contributed by atoms with Gasteiger partial charge in [0.2, 0.25) is 0 Å². The lowest BCUT2D eigenvalue weighted by Gasteiger charge is -2.10. The highest BCUT2D eigenvalue weighted by Gasteiger charge is 2.05. The fourth-order valence-electron chi connectivity index (χ4n) is 1.31. The lowest BCUT2D eigenvalue weighted by atomic mass is 10.0. The molecule has 1 aromatic rings. The summed E-state index contributed by atoms with van der Waals surface area (Å²) in [6, 6.07) is 5.76. The van der Waals surface area contributed by atoms with Crippen molar-refractivity contribution in [2.24, 2.45) is 0 Å². The molecular weight excluding hydrogens is 176 g/mol. The molecule has 0 saturated carbocycles. The van der Waals surface area contributed by atoms with Crippen molar-refractivity contribution in [3.63, 3.8) is 0 Å². The Kier molecular flexibility index (Phi) is 3.69. The second-order valence-electron chi connectivity index (χ2n) is 3.50. The third-order valence-electron chi connectivity index (χ3n) is 2.13. The van der Waals surface area contributed by atoms with Gasteiger partial charge in [-0.25, -0.2) is 0 Å². The van der Waals surface area contributed by atoms with E-state index in [-0.39, 0.29) is 0 Å². The van der Waals surface area contributed by atoms with E-state index in [1.54, 1.807) is 0 Å². The first-order chi connectivity index (χ1) is 6.69. The number of ether oxygens (including phenoxy) is 1. The van der Waals surface area contributed by atoms with E-state index in [0.29, 0.717) is 23.8 Å². The van der Waals surface area contributed by atoms with Crippen LogP contribution in [-0.2, 0) is 0 Å². The first kappa shape index (κ1) is 10.8. The van der Waals surface area contributed by atoms with Gasteiger partial charge < -0.3 is 4.74 Å². The average Bonchev–Trinajstić information content (AvgIpc) is 2.18. The molecule has 0 bridgehead atoms. The molecule has 0 aliphatic heterocycles. The number of hydrogen-bond donors (Lipinski definition) is 0. The van der Waals surface area contributed by atoms with E-state index >= 15 is 0 Å². The summed E-state index contributed by atoms with van der Waals surface area (Å²) in [5.74, 6) is 1.11. The lowest BCUT2D eigenvalue weighted by Crippen LogP contribution is -1.97. The first-order valence-corrected chi connectivity index (χ1v) is 4.91. The van der Waals surface area contributed by atoms with Gasteiger partial charge in [0.1, 0.15) is 5.75 Å². The first-order valence-electron chi connectivity index (χ1n) is 4.91. The molecule has 14 heavy (non-hydrogen) atoms. The van der Waals surface area contributed by atoms with Gasteiger partial charge in [0.25, 0.3) is 0 Å². The van der Waals surface area contributed by atoms with E-state index in [1.807, 2.05) is 25.1 Å². The topological polar surface area (TPSA) is 26.3 Å². The Labute approximate surface area is 84.9 Å². The molecule has 1 rings (SSSR count). The van der Waals surface area contributed by atoms with Crippen LogP contribution in [0.4, 0.5) is 0 Å². The number of aldehydes is 1. The second-order valence-corrected chi connectivity index (χ2v) is 3.50. The van der Waals surface area contributed by atoms with E-state index in [9.17, 15) is 4.79 Å². The summed E-state index contributed by atoms with van der Waals surface area (Å²) >= 11 is 0. The van der Waals surface area contributed by atoms with E-state index in [2.05, 4.69) is 13.8 Å². The summed E-state index contributed by atoms with van der Waals surface area (Å²) in [4.78, 5) is 10.8. The Balaban J connectivity index is 3.04. The van der Waals surface area contributed by atoms with E-state index in [0.717, 1.165) is 11.8 Å². The van der Waals surface area contributed by atoms with Crippen LogP contribution >= 0.6 is 0 Å². The van der Waals surface area contributed by atoms with Crippen LogP contribution in [0.5, 0.6) is 5.75 Å². The SMILES string of the molecule is CCOc1ccc(C(C)C)cc1C=O. The Hall–Kier alpha value is -1.31. The highest BCUT2D eigenvalue weighted by atomic mass is 16.5. The molecule has 0 unspecified atom stereocenters. The minimum Gasteiger partial charge on any atom is -0.493 e. The van der Waals surface area contributed by atoms with Gasteiger partial charge in [-0.2, -0.15) is 0 Å². The van der Waals surface area contributed by atoms with Crippen LogP contribution in [0.25, 0.3) is 0 Å². The molecule has 0 heterocycles. The van der Waals surface area contributed by atoms with Crippen molar-refractivity contribution in [3.05, 3.63) is 29.3 Å². The third kappa shape index (κ3) is 2.34. The summed E-state index contributed by atoms with van der Waals surface area (Å²) < 4.78 is 5.33. The molecule has 0 aliphatic carbocycles. The average molecular weight is 192 g/mol. The number of rotatable bonds is 4. The van der Waals surface area contributed by atoms with Crippen molar-refractivity contribution >= 4 is 6.29 Å². The van der Waals surface area contributed by atoms with Crippen molar-refractivity contribution in [1.29, 1.82) is 0 Å². The Bertz CT molecular complexity index is 316. The standard InChI is InChI=1S/C12H16O2/c1-4-14-12-6-5-10(9(2)3)7-11(12)8-13/h5-9H,4H2,1-3H3. The van der Waals surface area contributed by atoms with Crippen LogP contribution < -0.4 is 4.74 Å². The molecule has 0 spiro atoms. The van der Waals surface area contributed by atoms with Gasteiger partial charge in [0.05, 0.1) is 12.2 Å². The van der Waals surface area contributed by atoms with E-state index in [4.69, 9.17) is 4.74 Å². The van der Waals surface area contributed by atoms with Crippen molar-refractivity contribution in [1.82, 2.24) is 0 Å². The minimum absolute atomic E-state index is 0.435. The maximum Gasteiger partial charge on any atom is 0.153 e. The minimum atomic E-state index is 0.435. The Morgan fingerprint density at radius 3 is 2.64 bits per heavy atom. The van der Waals surface area contributed by atoms with Gasteiger partial charge in [-0.1, -0.05) is 19.9 Å². The Morgan fingerprint density at radius 1 is 1.43 bits per heavy atom. The second kappa shape index (κ2) is 4.80. The van der Waals surface area contributed by atoms with Crippen molar-refractivity contribution in [3.8, 4) is 5.75 Å². The van der Waals surface area contributed by atoms with Crippen molar-refractivity contribution < 1.29 is 9.53 Å². The number of hydrogen-bond acceptors (Lipinski definition) is 2. The monoisotopic (exact) mass is 192 g/mol. The van der Waals surface area contributed by atoms with Crippen LogP contribution in [-0.4, -0.2) is 12.9 Å². The molecule has 0 atom stereocenters. The molecule has 76 valence electrons. The molecule has 0 N–H and O–H groups in total. The quantitative estimate of drug-likeness (QED) is 0.685. The number of benzene rings is 1. The molecule has 0 amide bonds. The smallest absolute Gasteiger partial charge is 0.153 e.